The lowest BCUT2D eigenvalue weighted by molar-refractivity contribution is -0.137. The molecule has 0 saturated heterocycles. The van der Waals surface area contributed by atoms with Crippen LogP contribution in [0.2, 0.25) is 0 Å². The molecule has 43 heavy (non-hydrogen) atoms. The summed E-state index contributed by atoms with van der Waals surface area (Å²) in [4.78, 5) is 45.5. The van der Waals surface area contributed by atoms with E-state index in [4.69, 9.17) is 0 Å². The monoisotopic (exact) mass is 588 g/mol. The Labute approximate surface area is 247 Å². The number of aromatic nitrogens is 1. The van der Waals surface area contributed by atoms with Crippen molar-refractivity contribution < 1.29 is 27.6 Å². The number of halogens is 3. The van der Waals surface area contributed by atoms with Gasteiger partial charge in [-0.2, -0.15) is 13.2 Å². The van der Waals surface area contributed by atoms with Crippen molar-refractivity contribution in [1.82, 2.24) is 15.2 Å². The van der Waals surface area contributed by atoms with Gasteiger partial charge in [-0.3, -0.25) is 14.4 Å². The van der Waals surface area contributed by atoms with Crippen LogP contribution in [0.25, 0.3) is 11.1 Å². The number of hydrogen-bond acceptors (Lipinski definition) is 4. The number of likely N-dealkylation sites (N-methyl/N-ethyl adjacent to an activating group) is 1. The third kappa shape index (κ3) is 7.65. The highest BCUT2D eigenvalue weighted by Crippen LogP contribution is 2.32. The number of alkyl halides is 3. The van der Waals surface area contributed by atoms with Gasteiger partial charge in [0.1, 0.15) is 11.9 Å². The highest BCUT2D eigenvalue weighted by atomic mass is 19.4. The Morgan fingerprint density at radius 1 is 0.837 bits per heavy atom. The van der Waals surface area contributed by atoms with Gasteiger partial charge in [-0.15, -0.1) is 0 Å². The number of amides is 3. The predicted octanol–water partition coefficient (Wildman–Crippen LogP) is 6.75. The van der Waals surface area contributed by atoms with Crippen LogP contribution in [0, 0.1) is 0 Å². The van der Waals surface area contributed by atoms with Gasteiger partial charge in [-0.1, -0.05) is 67.6 Å². The van der Waals surface area contributed by atoms with Crippen molar-refractivity contribution in [3.63, 3.8) is 0 Å². The summed E-state index contributed by atoms with van der Waals surface area (Å²) in [5.41, 5.74) is 1.19. The van der Waals surface area contributed by atoms with Crippen LogP contribution in [0.3, 0.4) is 0 Å². The molecule has 0 aliphatic rings. The number of nitrogens with one attached hydrogen (secondary N) is 2. The smallest absolute Gasteiger partial charge is 0.341 e. The summed E-state index contributed by atoms with van der Waals surface area (Å²) in [6, 6.07) is 22.1. The predicted molar refractivity (Wildman–Crippen MR) is 158 cm³/mol. The lowest BCUT2D eigenvalue weighted by Crippen LogP contribution is -2.43. The Balaban J connectivity index is 1.49. The van der Waals surface area contributed by atoms with E-state index in [0.717, 1.165) is 18.6 Å². The zero-order chi connectivity index (χ0) is 31.0. The van der Waals surface area contributed by atoms with Crippen molar-refractivity contribution in [2.75, 3.05) is 18.4 Å². The van der Waals surface area contributed by atoms with Crippen molar-refractivity contribution in [1.29, 1.82) is 0 Å². The van der Waals surface area contributed by atoms with Crippen LogP contribution < -0.4 is 10.6 Å². The molecule has 0 aliphatic carbocycles. The molecule has 4 rings (SSSR count). The number of pyridine rings is 1. The molecule has 222 valence electrons. The van der Waals surface area contributed by atoms with Gasteiger partial charge in [0.2, 0.25) is 5.91 Å². The summed E-state index contributed by atoms with van der Waals surface area (Å²) in [6.45, 7) is 4.93. The summed E-state index contributed by atoms with van der Waals surface area (Å²) < 4.78 is 39.0. The second-order valence-corrected chi connectivity index (χ2v) is 9.74. The van der Waals surface area contributed by atoms with Gasteiger partial charge in [0, 0.05) is 24.8 Å². The maximum absolute atomic E-state index is 13.3. The lowest BCUT2D eigenvalue weighted by atomic mass is 9.98. The molecule has 1 atom stereocenters. The van der Waals surface area contributed by atoms with Crippen molar-refractivity contribution in [2.45, 2.75) is 32.5 Å². The van der Waals surface area contributed by atoms with E-state index in [1.54, 1.807) is 53.4 Å². The van der Waals surface area contributed by atoms with E-state index >= 15 is 0 Å². The normalized spacial score (nSPS) is 11.8. The lowest BCUT2D eigenvalue weighted by Gasteiger charge is -2.27. The summed E-state index contributed by atoms with van der Waals surface area (Å²) >= 11 is 0. The van der Waals surface area contributed by atoms with E-state index in [9.17, 15) is 27.6 Å². The standard InChI is InChI=1S/C33H31F3N4O3/c1-3-20-40(4-2)32(43)29(23-10-6-5-7-11-23)39-30(41)24-16-19-28(37-21-24)38-31(42)27-13-9-8-12-26(27)22-14-17-25(18-15-22)33(34,35)36/h5-19,21,29H,3-4,20H2,1-2H3,(H,39,41)(H,37,38,42)/t29-/m0/s1. The number of anilines is 1. The van der Waals surface area contributed by atoms with Gasteiger partial charge in [-0.05, 0) is 60.4 Å². The molecule has 1 heterocycles. The van der Waals surface area contributed by atoms with Gasteiger partial charge < -0.3 is 15.5 Å². The molecule has 0 fully saturated rings. The van der Waals surface area contributed by atoms with Crippen molar-refractivity contribution in [3.05, 3.63) is 119 Å². The van der Waals surface area contributed by atoms with Crippen LogP contribution in [0.5, 0.6) is 0 Å². The zero-order valence-corrected chi connectivity index (χ0v) is 23.7. The molecule has 0 radical (unpaired) electrons. The first kappa shape index (κ1) is 31.0. The minimum atomic E-state index is -4.47. The quantitative estimate of drug-likeness (QED) is 0.214. The molecule has 0 unspecified atom stereocenters. The third-order valence-electron chi connectivity index (χ3n) is 6.80. The van der Waals surface area contributed by atoms with Crippen LogP contribution in [-0.4, -0.2) is 40.7 Å². The highest BCUT2D eigenvalue weighted by molar-refractivity contribution is 6.08. The van der Waals surface area contributed by atoms with Gasteiger partial charge in [0.15, 0.2) is 0 Å². The molecular formula is C33H31F3N4O3. The number of benzene rings is 3. The fourth-order valence-corrected chi connectivity index (χ4v) is 4.58. The van der Waals surface area contributed by atoms with E-state index in [1.165, 1.54) is 30.5 Å². The Morgan fingerprint density at radius 3 is 2.12 bits per heavy atom. The maximum atomic E-state index is 13.3. The van der Waals surface area contributed by atoms with Crippen LogP contribution in [0.1, 0.15) is 58.2 Å². The fourth-order valence-electron chi connectivity index (χ4n) is 4.58. The minimum absolute atomic E-state index is 0.166. The number of carbonyl (C=O) groups excluding carboxylic acids is 3. The Kier molecular flexibility index (Phi) is 9.92. The Bertz CT molecular complexity index is 1560. The molecule has 0 saturated carbocycles. The van der Waals surface area contributed by atoms with Crippen LogP contribution in [-0.2, 0) is 11.0 Å². The molecule has 0 spiro atoms. The van der Waals surface area contributed by atoms with Gasteiger partial charge >= 0.3 is 6.18 Å². The highest BCUT2D eigenvalue weighted by Gasteiger charge is 2.30. The van der Waals surface area contributed by atoms with E-state index in [0.29, 0.717) is 29.8 Å². The molecule has 3 amide bonds. The number of carbonyl (C=O) groups is 3. The third-order valence-corrected chi connectivity index (χ3v) is 6.80. The molecule has 10 heteroatoms. The Hall–Kier alpha value is -4.99. The SMILES string of the molecule is CCCN(CC)C(=O)[C@@H](NC(=O)c1ccc(NC(=O)c2ccccc2-c2ccc(C(F)(F)F)cc2)nc1)c1ccccc1. The molecule has 3 aromatic carbocycles. The first-order valence-electron chi connectivity index (χ1n) is 13.8. The number of nitrogens with zero attached hydrogens (tertiary/aromatic N) is 2. The van der Waals surface area contributed by atoms with Crippen molar-refractivity contribution >= 4 is 23.5 Å². The second-order valence-electron chi connectivity index (χ2n) is 9.74. The van der Waals surface area contributed by atoms with Gasteiger partial charge in [0.05, 0.1) is 11.1 Å². The van der Waals surface area contributed by atoms with Crippen LogP contribution in [0.4, 0.5) is 19.0 Å². The molecule has 4 aromatic rings. The summed E-state index contributed by atoms with van der Waals surface area (Å²) in [5.74, 6) is -1.08. The fraction of sp³-hybridized carbons (Fsp3) is 0.212. The topological polar surface area (TPSA) is 91.4 Å². The first-order valence-corrected chi connectivity index (χ1v) is 13.8. The summed E-state index contributed by atoms with van der Waals surface area (Å²) in [6.07, 6.45) is -2.39. The van der Waals surface area contributed by atoms with E-state index in [1.807, 2.05) is 19.9 Å². The molecule has 2 N–H and O–H groups in total. The van der Waals surface area contributed by atoms with Crippen LogP contribution >= 0.6 is 0 Å². The second kappa shape index (κ2) is 13.8. The van der Waals surface area contributed by atoms with E-state index < -0.39 is 29.6 Å². The first-order chi connectivity index (χ1) is 20.6. The molecule has 0 aliphatic heterocycles. The summed E-state index contributed by atoms with van der Waals surface area (Å²) in [5, 5.41) is 5.49. The Morgan fingerprint density at radius 2 is 1.51 bits per heavy atom. The minimum Gasteiger partial charge on any atom is -0.341 e. The number of hydrogen-bond donors (Lipinski definition) is 2. The molecule has 0 bridgehead atoms. The molecule has 7 nitrogen and oxygen atoms in total. The van der Waals surface area contributed by atoms with Crippen molar-refractivity contribution in [3.8, 4) is 11.1 Å². The van der Waals surface area contributed by atoms with Crippen molar-refractivity contribution in [2.24, 2.45) is 0 Å². The van der Waals surface area contributed by atoms with Gasteiger partial charge in [0.25, 0.3) is 11.8 Å². The number of rotatable bonds is 10. The van der Waals surface area contributed by atoms with E-state index in [2.05, 4.69) is 15.6 Å². The zero-order valence-electron chi connectivity index (χ0n) is 23.7. The molecule has 1 aromatic heterocycles. The maximum Gasteiger partial charge on any atom is 0.416 e. The average Bonchev–Trinajstić information content (AvgIpc) is 3.02. The molecular weight excluding hydrogens is 557 g/mol. The van der Waals surface area contributed by atoms with Gasteiger partial charge in [-0.25, -0.2) is 4.98 Å². The van der Waals surface area contributed by atoms with Crippen LogP contribution in [0.15, 0.2) is 97.2 Å². The van der Waals surface area contributed by atoms with E-state index in [-0.39, 0.29) is 22.9 Å². The average molecular weight is 589 g/mol. The summed E-state index contributed by atoms with van der Waals surface area (Å²) in [7, 11) is 0. The largest absolute Gasteiger partial charge is 0.416 e.